The van der Waals surface area contributed by atoms with E-state index >= 15 is 0 Å². The van der Waals surface area contributed by atoms with Gasteiger partial charge in [-0.2, -0.15) is 0 Å². The van der Waals surface area contributed by atoms with E-state index in [9.17, 15) is 9.59 Å². The number of benzene rings is 1. The molecule has 1 aliphatic rings. The van der Waals surface area contributed by atoms with Gasteiger partial charge in [-0.25, -0.2) is 0 Å². The number of amides is 2. The third kappa shape index (κ3) is 4.92. The van der Waals surface area contributed by atoms with Crippen LogP contribution in [0.4, 0.5) is 0 Å². The van der Waals surface area contributed by atoms with Gasteiger partial charge in [0.25, 0.3) is 11.8 Å². The van der Waals surface area contributed by atoms with Crippen molar-refractivity contribution in [3.05, 3.63) is 45.1 Å². The van der Waals surface area contributed by atoms with E-state index in [1.807, 2.05) is 26.0 Å². The molecule has 1 aromatic carbocycles. The molecule has 0 aromatic heterocycles. The summed E-state index contributed by atoms with van der Waals surface area (Å²) >= 11 is 11.9. The van der Waals surface area contributed by atoms with Crippen LogP contribution in [-0.4, -0.2) is 43.0 Å². The Morgan fingerprint density at radius 3 is 2.69 bits per heavy atom. The molecular weight excluding hydrogens is 375 g/mol. The number of ether oxygens (including phenoxy) is 1. The molecule has 142 valence electrons. The molecule has 2 amide bonds. The third-order valence-electron chi connectivity index (χ3n) is 4.43. The van der Waals surface area contributed by atoms with E-state index in [1.165, 1.54) is 7.11 Å². The van der Waals surface area contributed by atoms with Crippen molar-refractivity contribution in [2.24, 2.45) is 0 Å². The normalized spacial score (nSPS) is 15.4. The quantitative estimate of drug-likeness (QED) is 0.727. The van der Waals surface area contributed by atoms with Crippen molar-refractivity contribution < 1.29 is 14.3 Å². The number of hydrogen-bond acceptors (Lipinski definition) is 3. The Hall–Kier alpha value is -1.72. The Morgan fingerprint density at radius 1 is 1.35 bits per heavy atom. The first-order chi connectivity index (χ1) is 12.4. The minimum Gasteiger partial charge on any atom is -0.491 e. The second-order valence-corrected chi connectivity index (χ2v) is 7.16. The number of hydrogen-bond donors (Lipinski definition) is 1. The van der Waals surface area contributed by atoms with Crippen molar-refractivity contribution >= 4 is 35.0 Å². The van der Waals surface area contributed by atoms with Crippen LogP contribution in [0.25, 0.3) is 0 Å². The van der Waals surface area contributed by atoms with Crippen molar-refractivity contribution in [3.8, 4) is 0 Å². The first kappa shape index (κ1) is 20.6. The van der Waals surface area contributed by atoms with E-state index in [2.05, 4.69) is 5.32 Å². The number of likely N-dealkylation sites (N-methyl/N-ethyl adjacent to an activating group) is 1. The molecule has 0 bridgehead atoms. The van der Waals surface area contributed by atoms with Gasteiger partial charge in [-0.1, -0.05) is 29.3 Å². The molecule has 0 saturated carbocycles. The Bertz CT molecular complexity index is 719. The highest BCUT2D eigenvalue weighted by Crippen LogP contribution is 2.23. The van der Waals surface area contributed by atoms with E-state index < -0.39 is 0 Å². The van der Waals surface area contributed by atoms with Gasteiger partial charge in [-0.15, -0.1) is 0 Å². The minimum absolute atomic E-state index is 0.0124. The van der Waals surface area contributed by atoms with Gasteiger partial charge >= 0.3 is 0 Å². The monoisotopic (exact) mass is 398 g/mol. The molecule has 1 atom stereocenters. The smallest absolute Gasteiger partial charge is 0.289 e. The predicted octanol–water partition coefficient (Wildman–Crippen LogP) is 3.58. The van der Waals surface area contributed by atoms with Crippen molar-refractivity contribution in [1.29, 1.82) is 0 Å². The molecule has 1 heterocycles. The molecule has 0 aliphatic carbocycles. The first-order valence-electron chi connectivity index (χ1n) is 8.68. The number of halogens is 2. The summed E-state index contributed by atoms with van der Waals surface area (Å²) < 4.78 is 5.13. The number of carbonyl (C=O) groups is 2. The second-order valence-electron chi connectivity index (χ2n) is 6.35. The Morgan fingerprint density at radius 2 is 2.08 bits per heavy atom. The average Bonchev–Trinajstić information content (AvgIpc) is 2.93. The molecule has 0 fully saturated rings. The van der Waals surface area contributed by atoms with Crippen LogP contribution < -0.4 is 5.32 Å². The highest BCUT2D eigenvalue weighted by Gasteiger charge is 2.34. The van der Waals surface area contributed by atoms with Crippen molar-refractivity contribution in [2.45, 2.75) is 39.2 Å². The fraction of sp³-hybridized carbons (Fsp3) is 0.474. The SMILES string of the molecule is CCN1CC(C(=O)NC(C)CCCc2ccc(Cl)c(Cl)c2)=C(OC)C1=O. The summed E-state index contributed by atoms with van der Waals surface area (Å²) in [6.45, 7) is 4.66. The summed E-state index contributed by atoms with van der Waals surface area (Å²) in [5.41, 5.74) is 1.51. The molecule has 5 nitrogen and oxygen atoms in total. The third-order valence-corrected chi connectivity index (χ3v) is 5.17. The largest absolute Gasteiger partial charge is 0.491 e. The molecule has 1 unspecified atom stereocenters. The number of nitrogens with one attached hydrogen (secondary N) is 1. The van der Waals surface area contributed by atoms with Gasteiger partial charge in [0.05, 0.1) is 29.3 Å². The van der Waals surface area contributed by atoms with Gasteiger partial charge in [-0.05, 0) is 50.8 Å². The summed E-state index contributed by atoms with van der Waals surface area (Å²) in [6, 6.07) is 5.60. The van der Waals surface area contributed by atoms with Crippen LogP contribution in [0.3, 0.4) is 0 Å². The number of methoxy groups -OCH3 is 1. The van der Waals surface area contributed by atoms with Crippen molar-refractivity contribution in [3.63, 3.8) is 0 Å². The zero-order valence-corrected chi connectivity index (χ0v) is 16.8. The van der Waals surface area contributed by atoms with Crippen LogP contribution in [0.5, 0.6) is 0 Å². The van der Waals surface area contributed by atoms with Gasteiger partial charge in [-0.3, -0.25) is 9.59 Å². The maximum absolute atomic E-state index is 12.5. The summed E-state index contributed by atoms with van der Waals surface area (Å²) in [5, 5.41) is 4.05. The molecule has 7 heteroatoms. The summed E-state index contributed by atoms with van der Waals surface area (Å²) in [6.07, 6.45) is 2.56. The lowest BCUT2D eigenvalue weighted by atomic mass is 10.1. The van der Waals surface area contributed by atoms with Gasteiger partial charge < -0.3 is 15.0 Å². The number of nitrogens with zero attached hydrogens (tertiary/aromatic N) is 1. The lowest BCUT2D eigenvalue weighted by Crippen LogP contribution is -2.35. The Balaban J connectivity index is 1.86. The van der Waals surface area contributed by atoms with E-state index in [0.717, 1.165) is 24.8 Å². The van der Waals surface area contributed by atoms with Crippen LogP contribution in [0, 0.1) is 0 Å². The van der Waals surface area contributed by atoms with Crippen LogP contribution in [0.1, 0.15) is 32.3 Å². The zero-order chi connectivity index (χ0) is 19.3. The lowest BCUT2D eigenvalue weighted by Gasteiger charge is -2.15. The average molecular weight is 399 g/mol. The van der Waals surface area contributed by atoms with E-state index in [0.29, 0.717) is 28.7 Å². The van der Waals surface area contributed by atoms with E-state index in [1.54, 1.807) is 11.0 Å². The molecule has 0 radical (unpaired) electrons. The Kier molecular flexibility index (Phi) is 7.35. The molecule has 26 heavy (non-hydrogen) atoms. The summed E-state index contributed by atoms with van der Waals surface area (Å²) in [7, 11) is 1.42. The van der Waals surface area contributed by atoms with E-state index in [4.69, 9.17) is 27.9 Å². The Labute approximate surface area is 164 Å². The number of rotatable bonds is 8. The van der Waals surface area contributed by atoms with Crippen LogP contribution in [0.15, 0.2) is 29.5 Å². The topological polar surface area (TPSA) is 58.6 Å². The first-order valence-corrected chi connectivity index (χ1v) is 9.44. The van der Waals surface area contributed by atoms with E-state index in [-0.39, 0.29) is 23.6 Å². The summed E-state index contributed by atoms with van der Waals surface area (Å²) in [4.78, 5) is 26.2. The van der Waals surface area contributed by atoms with Gasteiger partial charge in [0.1, 0.15) is 0 Å². The standard InChI is InChI=1S/C19H24Cl2N2O3/c1-4-23-11-14(17(26-3)19(23)25)18(24)22-12(2)6-5-7-13-8-9-15(20)16(21)10-13/h8-10,12H,4-7,11H2,1-3H3,(H,22,24). The molecule has 0 spiro atoms. The van der Waals surface area contributed by atoms with Crippen LogP contribution in [0.2, 0.25) is 10.0 Å². The van der Waals surface area contributed by atoms with Crippen molar-refractivity contribution in [1.82, 2.24) is 10.2 Å². The maximum atomic E-state index is 12.5. The number of aryl methyl sites for hydroxylation is 1. The van der Waals surface area contributed by atoms with Gasteiger partial charge in [0.15, 0.2) is 5.76 Å². The second kappa shape index (κ2) is 9.28. The predicted molar refractivity (Wildman–Crippen MR) is 103 cm³/mol. The number of carbonyl (C=O) groups excluding carboxylic acids is 2. The molecule has 1 N–H and O–H groups in total. The highest BCUT2D eigenvalue weighted by molar-refractivity contribution is 6.42. The van der Waals surface area contributed by atoms with Crippen molar-refractivity contribution in [2.75, 3.05) is 20.2 Å². The fourth-order valence-electron chi connectivity index (χ4n) is 2.94. The molecular formula is C19H24Cl2N2O3. The van der Waals surface area contributed by atoms with Crippen LogP contribution in [-0.2, 0) is 20.7 Å². The fourth-order valence-corrected chi connectivity index (χ4v) is 3.26. The van der Waals surface area contributed by atoms with Gasteiger partial charge in [0.2, 0.25) is 0 Å². The summed E-state index contributed by atoms with van der Waals surface area (Å²) in [5.74, 6) is -0.326. The lowest BCUT2D eigenvalue weighted by molar-refractivity contribution is -0.128. The molecule has 2 rings (SSSR count). The zero-order valence-electron chi connectivity index (χ0n) is 15.3. The highest BCUT2D eigenvalue weighted by atomic mass is 35.5. The molecule has 1 aliphatic heterocycles. The molecule has 1 aromatic rings. The van der Waals surface area contributed by atoms with Crippen LogP contribution >= 0.6 is 23.2 Å². The maximum Gasteiger partial charge on any atom is 0.289 e. The minimum atomic E-state index is -0.242. The van der Waals surface area contributed by atoms with Gasteiger partial charge in [0, 0.05) is 12.6 Å². The molecule has 0 saturated heterocycles.